The van der Waals surface area contributed by atoms with Crippen molar-refractivity contribution in [2.45, 2.75) is 38.5 Å². The maximum Gasteiger partial charge on any atom is 0.227 e. The molecule has 19 heavy (non-hydrogen) atoms. The van der Waals surface area contributed by atoms with Gasteiger partial charge in [-0.05, 0) is 25.8 Å². The lowest BCUT2D eigenvalue weighted by molar-refractivity contribution is 0.707. The largest absolute Gasteiger partial charge is 0.341 e. The van der Waals surface area contributed by atoms with Crippen molar-refractivity contribution in [2.75, 3.05) is 31.1 Å². The van der Waals surface area contributed by atoms with Crippen LogP contribution in [0.1, 0.15) is 36.9 Å². The lowest BCUT2D eigenvalue weighted by Gasteiger charge is -2.21. The Morgan fingerprint density at radius 3 is 2.47 bits per heavy atom. The maximum atomic E-state index is 6.37. The first kappa shape index (κ1) is 13.1. The summed E-state index contributed by atoms with van der Waals surface area (Å²) >= 11 is 6.37. The Bertz CT molecular complexity index is 441. The standard InChI is InChI=1S/C14H21ClN4/c15-13-11-5-7-16-8-6-12(11)17-14(18-13)19-9-3-1-2-4-10-19/h16H,1-10H2. The molecule has 0 amide bonds. The van der Waals surface area contributed by atoms with Crippen molar-refractivity contribution in [1.29, 1.82) is 0 Å². The highest BCUT2D eigenvalue weighted by Gasteiger charge is 2.19. The molecule has 1 aromatic rings. The molecule has 3 rings (SSSR count). The number of nitrogens with zero attached hydrogens (tertiary/aromatic N) is 3. The molecule has 1 saturated heterocycles. The topological polar surface area (TPSA) is 41.1 Å². The highest BCUT2D eigenvalue weighted by Crippen LogP contribution is 2.24. The fraction of sp³-hybridized carbons (Fsp3) is 0.714. The molecule has 104 valence electrons. The average Bonchev–Trinajstić information content (AvgIpc) is 2.81. The molecule has 0 bridgehead atoms. The van der Waals surface area contributed by atoms with Crippen LogP contribution in [0.25, 0.3) is 0 Å². The molecule has 1 aromatic heterocycles. The van der Waals surface area contributed by atoms with Crippen LogP contribution in [0, 0.1) is 0 Å². The van der Waals surface area contributed by atoms with Gasteiger partial charge in [-0.15, -0.1) is 0 Å². The maximum absolute atomic E-state index is 6.37. The van der Waals surface area contributed by atoms with Gasteiger partial charge in [0.2, 0.25) is 5.95 Å². The van der Waals surface area contributed by atoms with Crippen LogP contribution in [-0.4, -0.2) is 36.1 Å². The van der Waals surface area contributed by atoms with Gasteiger partial charge in [0.15, 0.2) is 0 Å². The van der Waals surface area contributed by atoms with Crippen molar-refractivity contribution < 1.29 is 0 Å². The third-order valence-electron chi connectivity index (χ3n) is 4.01. The average molecular weight is 281 g/mol. The van der Waals surface area contributed by atoms with E-state index in [4.69, 9.17) is 16.6 Å². The summed E-state index contributed by atoms with van der Waals surface area (Å²) in [5, 5.41) is 4.05. The van der Waals surface area contributed by atoms with Crippen LogP contribution in [0.3, 0.4) is 0 Å². The van der Waals surface area contributed by atoms with Gasteiger partial charge in [0.05, 0.1) is 5.69 Å². The Kier molecular flexibility index (Phi) is 4.18. The van der Waals surface area contributed by atoms with Gasteiger partial charge in [0.1, 0.15) is 5.15 Å². The van der Waals surface area contributed by atoms with E-state index in [0.717, 1.165) is 56.2 Å². The Labute approximate surface area is 119 Å². The molecule has 0 aromatic carbocycles. The smallest absolute Gasteiger partial charge is 0.227 e. The Morgan fingerprint density at radius 2 is 1.68 bits per heavy atom. The number of nitrogens with one attached hydrogen (secondary N) is 1. The van der Waals surface area contributed by atoms with E-state index in [1.807, 2.05) is 0 Å². The predicted molar refractivity (Wildman–Crippen MR) is 78.0 cm³/mol. The molecule has 4 nitrogen and oxygen atoms in total. The predicted octanol–water partition coefficient (Wildman–Crippen LogP) is 2.20. The monoisotopic (exact) mass is 280 g/mol. The molecule has 0 aliphatic carbocycles. The second kappa shape index (κ2) is 6.06. The molecule has 3 heterocycles. The quantitative estimate of drug-likeness (QED) is 0.801. The summed E-state index contributed by atoms with van der Waals surface area (Å²) in [5.41, 5.74) is 2.29. The first-order valence-corrected chi connectivity index (χ1v) is 7.73. The molecule has 0 saturated carbocycles. The molecule has 5 heteroatoms. The Morgan fingerprint density at radius 1 is 0.947 bits per heavy atom. The van der Waals surface area contributed by atoms with Crippen molar-refractivity contribution in [1.82, 2.24) is 15.3 Å². The summed E-state index contributed by atoms with van der Waals surface area (Å²) in [7, 11) is 0. The summed E-state index contributed by atoms with van der Waals surface area (Å²) in [4.78, 5) is 11.6. The van der Waals surface area contributed by atoms with Crippen LogP contribution in [0.5, 0.6) is 0 Å². The van der Waals surface area contributed by atoms with Crippen LogP contribution in [0.15, 0.2) is 0 Å². The molecule has 1 fully saturated rings. The van der Waals surface area contributed by atoms with E-state index in [0.29, 0.717) is 5.15 Å². The molecule has 0 radical (unpaired) electrons. The lowest BCUT2D eigenvalue weighted by atomic mass is 10.1. The van der Waals surface area contributed by atoms with Crippen LogP contribution >= 0.6 is 11.6 Å². The van der Waals surface area contributed by atoms with Gasteiger partial charge in [-0.2, -0.15) is 0 Å². The fourth-order valence-corrected chi connectivity index (χ4v) is 3.18. The minimum absolute atomic E-state index is 0.660. The number of hydrogen-bond donors (Lipinski definition) is 1. The summed E-state index contributed by atoms with van der Waals surface area (Å²) in [6.45, 7) is 4.08. The number of rotatable bonds is 1. The van der Waals surface area contributed by atoms with Crippen molar-refractivity contribution >= 4 is 17.5 Å². The summed E-state index contributed by atoms with van der Waals surface area (Å²) < 4.78 is 0. The molecular formula is C14H21ClN4. The Hall–Kier alpha value is -0.870. The van der Waals surface area contributed by atoms with Gasteiger partial charge in [-0.25, -0.2) is 9.97 Å². The molecule has 2 aliphatic heterocycles. The number of fused-ring (bicyclic) bond motifs is 1. The number of anilines is 1. The fourth-order valence-electron chi connectivity index (χ4n) is 2.90. The van der Waals surface area contributed by atoms with E-state index >= 15 is 0 Å². The van der Waals surface area contributed by atoms with Crippen molar-refractivity contribution in [3.8, 4) is 0 Å². The Balaban J connectivity index is 1.89. The molecule has 1 N–H and O–H groups in total. The summed E-state index contributed by atoms with van der Waals surface area (Å²) in [6.07, 6.45) is 7.00. The normalized spacial score (nSPS) is 20.6. The first-order valence-electron chi connectivity index (χ1n) is 7.35. The van der Waals surface area contributed by atoms with E-state index in [-0.39, 0.29) is 0 Å². The lowest BCUT2D eigenvalue weighted by Crippen LogP contribution is -2.26. The van der Waals surface area contributed by atoms with Crippen LogP contribution in [-0.2, 0) is 12.8 Å². The second-order valence-corrected chi connectivity index (χ2v) is 5.75. The van der Waals surface area contributed by atoms with Gasteiger partial charge in [0.25, 0.3) is 0 Å². The number of halogens is 1. The summed E-state index contributed by atoms with van der Waals surface area (Å²) in [6, 6.07) is 0. The van der Waals surface area contributed by atoms with E-state index in [1.165, 1.54) is 25.7 Å². The second-order valence-electron chi connectivity index (χ2n) is 5.39. The number of aromatic nitrogens is 2. The first-order chi connectivity index (χ1) is 9.34. The van der Waals surface area contributed by atoms with Gasteiger partial charge >= 0.3 is 0 Å². The molecular weight excluding hydrogens is 260 g/mol. The zero-order valence-corrected chi connectivity index (χ0v) is 12.0. The minimum atomic E-state index is 0.660. The third kappa shape index (κ3) is 3.00. The van der Waals surface area contributed by atoms with Crippen LogP contribution < -0.4 is 10.2 Å². The van der Waals surface area contributed by atoms with Gasteiger partial charge in [-0.3, -0.25) is 0 Å². The third-order valence-corrected chi connectivity index (χ3v) is 4.32. The zero-order valence-electron chi connectivity index (χ0n) is 11.3. The van der Waals surface area contributed by atoms with Crippen molar-refractivity contribution in [3.63, 3.8) is 0 Å². The zero-order chi connectivity index (χ0) is 13.1. The van der Waals surface area contributed by atoms with E-state index in [9.17, 15) is 0 Å². The van der Waals surface area contributed by atoms with E-state index in [1.54, 1.807) is 0 Å². The molecule has 2 aliphatic rings. The highest BCUT2D eigenvalue weighted by atomic mass is 35.5. The summed E-state index contributed by atoms with van der Waals surface area (Å²) in [5.74, 6) is 0.840. The number of hydrogen-bond acceptors (Lipinski definition) is 4. The SMILES string of the molecule is Clc1nc(N2CCCCCC2)nc2c1CCNCC2. The molecule has 0 atom stereocenters. The van der Waals surface area contributed by atoms with Gasteiger partial charge in [0, 0.05) is 31.6 Å². The van der Waals surface area contributed by atoms with Crippen molar-refractivity contribution in [3.05, 3.63) is 16.4 Å². The van der Waals surface area contributed by atoms with Gasteiger partial charge < -0.3 is 10.2 Å². The van der Waals surface area contributed by atoms with E-state index in [2.05, 4.69) is 15.2 Å². The van der Waals surface area contributed by atoms with Crippen LogP contribution in [0.4, 0.5) is 5.95 Å². The van der Waals surface area contributed by atoms with Gasteiger partial charge in [-0.1, -0.05) is 24.4 Å². The highest BCUT2D eigenvalue weighted by molar-refractivity contribution is 6.30. The van der Waals surface area contributed by atoms with E-state index < -0.39 is 0 Å². The van der Waals surface area contributed by atoms with Crippen LogP contribution in [0.2, 0.25) is 5.15 Å². The molecule has 0 spiro atoms. The molecule has 0 unspecified atom stereocenters. The minimum Gasteiger partial charge on any atom is -0.341 e. The van der Waals surface area contributed by atoms with Crippen molar-refractivity contribution in [2.24, 2.45) is 0 Å².